The molecule has 0 aromatic heterocycles. The molecule has 1 fully saturated rings. The van der Waals surface area contributed by atoms with Crippen molar-refractivity contribution in [2.75, 3.05) is 6.54 Å². The van der Waals surface area contributed by atoms with E-state index in [1.165, 1.54) is 33.8 Å². The molecule has 0 spiro atoms. The average Bonchev–Trinajstić information content (AvgIpc) is 2.75. The summed E-state index contributed by atoms with van der Waals surface area (Å²) in [5, 5.41) is 8.30. The van der Waals surface area contributed by atoms with E-state index in [0.717, 1.165) is 18.1 Å². The van der Waals surface area contributed by atoms with E-state index in [2.05, 4.69) is 77.4 Å². The van der Waals surface area contributed by atoms with E-state index in [1.54, 1.807) is 11.8 Å². The third-order valence-electron chi connectivity index (χ3n) is 5.19. The predicted octanol–water partition coefficient (Wildman–Crippen LogP) is 6.92. The minimum Gasteiger partial charge on any atom is -0.309 e. The third-order valence-corrected chi connectivity index (χ3v) is 6.56. The van der Waals surface area contributed by atoms with Gasteiger partial charge in [-0.15, -0.1) is 24.8 Å². The Hall–Kier alpha value is -1.20. The largest absolute Gasteiger partial charge is 0.309 e. The van der Waals surface area contributed by atoms with Gasteiger partial charge in [0.1, 0.15) is 0 Å². The minimum atomic E-state index is 0. The molecule has 3 aromatic carbocycles. The van der Waals surface area contributed by atoms with E-state index in [4.69, 9.17) is 11.6 Å². The van der Waals surface area contributed by atoms with Gasteiger partial charge in [-0.3, -0.25) is 0 Å². The van der Waals surface area contributed by atoms with Gasteiger partial charge < -0.3 is 10.6 Å². The number of benzene rings is 3. The van der Waals surface area contributed by atoms with Crippen LogP contribution >= 0.6 is 48.2 Å². The van der Waals surface area contributed by atoms with E-state index in [0.29, 0.717) is 12.1 Å². The fourth-order valence-corrected chi connectivity index (χ4v) is 4.81. The van der Waals surface area contributed by atoms with Crippen molar-refractivity contribution in [2.24, 2.45) is 0 Å². The smallest absolute Gasteiger partial charge is 0.0476 e. The summed E-state index contributed by atoms with van der Waals surface area (Å²) in [5.41, 5.74) is 2.70. The Labute approximate surface area is 201 Å². The lowest BCUT2D eigenvalue weighted by Gasteiger charge is -2.34. The van der Waals surface area contributed by atoms with Gasteiger partial charge in [0, 0.05) is 33.4 Å². The second-order valence-electron chi connectivity index (χ2n) is 7.14. The van der Waals surface area contributed by atoms with Crippen LogP contribution in [0.4, 0.5) is 0 Å². The van der Waals surface area contributed by atoms with Crippen LogP contribution in [0.15, 0.2) is 88.7 Å². The molecule has 2 atom stereocenters. The first kappa shape index (κ1) is 25.1. The van der Waals surface area contributed by atoms with Crippen LogP contribution in [0.3, 0.4) is 0 Å². The topological polar surface area (TPSA) is 24.1 Å². The van der Waals surface area contributed by atoms with Gasteiger partial charge in [0.25, 0.3) is 0 Å². The molecule has 0 amide bonds. The first-order valence-electron chi connectivity index (χ1n) is 9.82. The van der Waals surface area contributed by atoms with Crippen molar-refractivity contribution in [3.63, 3.8) is 0 Å². The van der Waals surface area contributed by atoms with Gasteiger partial charge in [-0.2, -0.15) is 0 Å². The lowest BCUT2D eigenvalue weighted by Crippen LogP contribution is -2.45. The molecule has 1 saturated heterocycles. The van der Waals surface area contributed by atoms with Crippen molar-refractivity contribution < 1.29 is 0 Å². The van der Waals surface area contributed by atoms with Gasteiger partial charge in [-0.25, -0.2) is 0 Å². The maximum absolute atomic E-state index is 6.02. The van der Waals surface area contributed by atoms with Crippen molar-refractivity contribution in [3.05, 3.63) is 95.0 Å². The maximum atomic E-state index is 6.02. The molecule has 0 unspecified atom stereocenters. The minimum absolute atomic E-state index is 0. The Morgan fingerprint density at radius 1 is 0.900 bits per heavy atom. The molecule has 30 heavy (non-hydrogen) atoms. The summed E-state index contributed by atoms with van der Waals surface area (Å²) in [6.45, 7) is 1.95. The molecule has 1 heterocycles. The summed E-state index contributed by atoms with van der Waals surface area (Å²) in [6, 6.07) is 28.3. The van der Waals surface area contributed by atoms with Gasteiger partial charge in [-0.1, -0.05) is 71.9 Å². The molecule has 0 saturated carbocycles. The Kier molecular flexibility index (Phi) is 10.5. The van der Waals surface area contributed by atoms with E-state index in [-0.39, 0.29) is 24.8 Å². The van der Waals surface area contributed by atoms with Crippen molar-refractivity contribution in [2.45, 2.75) is 41.3 Å². The standard InChI is InChI=1S/C24H25ClN2S.2ClH/c25-20-12-14-21(15-13-20)28-23-11-5-4-9-19(23)17-27-22-10-6-16-26-24(22)18-7-2-1-3-8-18;;/h1-5,7-9,11-15,22,24,26-27H,6,10,16-17H2;2*1H/t22-,24-;;/m0../s1. The van der Waals surface area contributed by atoms with Crippen LogP contribution < -0.4 is 10.6 Å². The van der Waals surface area contributed by atoms with Crippen LogP contribution in [0.1, 0.15) is 30.0 Å². The number of hydrogen-bond donors (Lipinski definition) is 2. The first-order chi connectivity index (χ1) is 13.8. The number of rotatable bonds is 6. The molecule has 0 bridgehead atoms. The van der Waals surface area contributed by atoms with Gasteiger partial charge >= 0.3 is 0 Å². The molecule has 2 N–H and O–H groups in total. The van der Waals surface area contributed by atoms with Crippen LogP contribution in [0.2, 0.25) is 5.02 Å². The molecule has 2 nitrogen and oxygen atoms in total. The molecule has 0 aliphatic carbocycles. The van der Waals surface area contributed by atoms with Crippen molar-refractivity contribution in [3.8, 4) is 0 Å². The van der Waals surface area contributed by atoms with E-state index in [1.807, 2.05) is 12.1 Å². The number of hydrogen-bond acceptors (Lipinski definition) is 3. The molecule has 6 heteroatoms. The summed E-state index contributed by atoms with van der Waals surface area (Å²) < 4.78 is 0. The summed E-state index contributed by atoms with van der Waals surface area (Å²) in [7, 11) is 0. The number of nitrogens with one attached hydrogen (secondary N) is 2. The van der Waals surface area contributed by atoms with Gasteiger partial charge in [0.05, 0.1) is 0 Å². The molecular formula is C24H27Cl3N2S. The van der Waals surface area contributed by atoms with Crippen LogP contribution in [-0.4, -0.2) is 12.6 Å². The second kappa shape index (κ2) is 12.6. The normalized spacial score (nSPS) is 18.2. The third kappa shape index (κ3) is 6.65. The fraction of sp³-hybridized carbons (Fsp3) is 0.250. The summed E-state index contributed by atoms with van der Waals surface area (Å²) in [4.78, 5) is 2.50. The molecule has 4 rings (SSSR count). The van der Waals surface area contributed by atoms with Gasteiger partial charge in [0.2, 0.25) is 0 Å². The van der Waals surface area contributed by atoms with Gasteiger partial charge in [0.15, 0.2) is 0 Å². The highest BCUT2D eigenvalue weighted by Crippen LogP contribution is 2.32. The highest BCUT2D eigenvalue weighted by atomic mass is 35.5. The number of piperidine rings is 1. The zero-order chi connectivity index (χ0) is 19.2. The average molecular weight is 482 g/mol. The number of halogens is 3. The molecule has 1 aliphatic rings. The Morgan fingerprint density at radius 2 is 1.60 bits per heavy atom. The summed E-state index contributed by atoms with van der Waals surface area (Å²) >= 11 is 7.81. The zero-order valence-electron chi connectivity index (χ0n) is 16.6. The molecule has 160 valence electrons. The second-order valence-corrected chi connectivity index (χ2v) is 8.69. The van der Waals surface area contributed by atoms with Crippen molar-refractivity contribution in [1.29, 1.82) is 0 Å². The van der Waals surface area contributed by atoms with E-state index < -0.39 is 0 Å². The fourth-order valence-electron chi connectivity index (χ4n) is 3.74. The first-order valence-corrected chi connectivity index (χ1v) is 11.0. The van der Waals surface area contributed by atoms with Crippen LogP contribution in [0.5, 0.6) is 0 Å². The van der Waals surface area contributed by atoms with Crippen LogP contribution in [0, 0.1) is 0 Å². The Morgan fingerprint density at radius 3 is 2.37 bits per heavy atom. The van der Waals surface area contributed by atoms with Crippen LogP contribution in [0.25, 0.3) is 0 Å². The zero-order valence-corrected chi connectivity index (χ0v) is 19.8. The summed E-state index contributed by atoms with van der Waals surface area (Å²) in [5.74, 6) is 0. The van der Waals surface area contributed by atoms with E-state index >= 15 is 0 Å². The SMILES string of the molecule is Cl.Cl.Clc1ccc(Sc2ccccc2CN[C@H]2CCCN[C@H]2c2ccccc2)cc1. The quantitative estimate of drug-likeness (QED) is 0.399. The molecular weight excluding hydrogens is 455 g/mol. The Balaban J connectivity index is 0.00000160. The molecule has 1 aliphatic heterocycles. The van der Waals surface area contributed by atoms with Crippen LogP contribution in [-0.2, 0) is 6.54 Å². The predicted molar refractivity (Wildman–Crippen MR) is 134 cm³/mol. The highest BCUT2D eigenvalue weighted by Gasteiger charge is 2.25. The van der Waals surface area contributed by atoms with Crippen molar-refractivity contribution >= 4 is 48.2 Å². The van der Waals surface area contributed by atoms with Crippen molar-refractivity contribution in [1.82, 2.24) is 10.6 Å². The maximum Gasteiger partial charge on any atom is 0.0476 e. The monoisotopic (exact) mass is 480 g/mol. The Bertz CT molecular complexity index is 890. The lowest BCUT2D eigenvalue weighted by molar-refractivity contribution is 0.304. The molecule has 3 aromatic rings. The highest BCUT2D eigenvalue weighted by molar-refractivity contribution is 7.99. The summed E-state index contributed by atoms with van der Waals surface area (Å²) in [6.07, 6.45) is 2.40. The lowest BCUT2D eigenvalue weighted by atomic mass is 9.92. The van der Waals surface area contributed by atoms with Gasteiger partial charge in [-0.05, 0) is 60.8 Å². The molecule has 0 radical (unpaired) electrons. The van der Waals surface area contributed by atoms with E-state index in [9.17, 15) is 0 Å².